The van der Waals surface area contributed by atoms with Crippen LogP contribution in [0, 0.1) is 0 Å². The highest BCUT2D eigenvalue weighted by molar-refractivity contribution is 5.42. The molecular weight excluding hydrogens is 290 g/mol. The Morgan fingerprint density at radius 3 is 2.57 bits per heavy atom. The highest BCUT2D eigenvalue weighted by Gasteiger charge is 2.32. The third kappa shape index (κ3) is 3.97. The van der Waals surface area contributed by atoms with Gasteiger partial charge < -0.3 is 20.1 Å². The summed E-state index contributed by atoms with van der Waals surface area (Å²) in [4.78, 5) is 5.06. The Bertz CT molecular complexity index is 495. The standard InChI is InChI=1S/C18H31N3O2/c1-5-14-13-20(6-2)9-10-21(14)17(12-19)16-11-15(22-3)7-8-18(16)23-4/h7-8,11,14,17H,5-6,9-10,12-13,19H2,1-4H3. The van der Waals surface area contributed by atoms with E-state index in [4.69, 9.17) is 15.2 Å². The lowest BCUT2D eigenvalue weighted by Crippen LogP contribution is -2.54. The SMILES string of the molecule is CCC1CN(CC)CCN1C(CN)c1cc(OC)ccc1OC. The van der Waals surface area contributed by atoms with E-state index < -0.39 is 0 Å². The fourth-order valence-corrected chi connectivity index (χ4v) is 3.54. The van der Waals surface area contributed by atoms with Crippen molar-refractivity contribution in [1.82, 2.24) is 9.80 Å². The fraction of sp³-hybridized carbons (Fsp3) is 0.667. The maximum atomic E-state index is 6.18. The van der Waals surface area contributed by atoms with E-state index in [-0.39, 0.29) is 6.04 Å². The molecule has 0 spiro atoms. The van der Waals surface area contributed by atoms with Crippen molar-refractivity contribution in [3.05, 3.63) is 23.8 Å². The Labute approximate surface area is 140 Å². The molecule has 1 fully saturated rings. The monoisotopic (exact) mass is 321 g/mol. The molecule has 2 atom stereocenters. The number of piperazine rings is 1. The normalized spacial score (nSPS) is 21.2. The van der Waals surface area contributed by atoms with Crippen molar-refractivity contribution >= 4 is 0 Å². The van der Waals surface area contributed by atoms with E-state index in [1.807, 2.05) is 12.1 Å². The summed E-state index contributed by atoms with van der Waals surface area (Å²) in [7, 11) is 3.41. The molecule has 1 aromatic rings. The second-order valence-electron chi connectivity index (χ2n) is 6.05. The highest BCUT2D eigenvalue weighted by Crippen LogP contribution is 2.34. The molecule has 1 aliphatic heterocycles. The summed E-state index contributed by atoms with van der Waals surface area (Å²) < 4.78 is 11.0. The van der Waals surface area contributed by atoms with E-state index in [1.165, 1.54) is 0 Å². The lowest BCUT2D eigenvalue weighted by molar-refractivity contribution is 0.0419. The zero-order valence-electron chi connectivity index (χ0n) is 14.9. The van der Waals surface area contributed by atoms with Crippen molar-refractivity contribution in [3.8, 4) is 11.5 Å². The van der Waals surface area contributed by atoms with Crippen LogP contribution >= 0.6 is 0 Å². The zero-order valence-corrected chi connectivity index (χ0v) is 14.9. The zero-order chi connectivity index (χ0) is 16.8. The topological polar surface area (TPSA) is 51.0 Å². The molecule has 2 unspecified atom stereocenters. The van der Waals surface area contributed by atoms with Crippen LogP contribution in [0.15, 0.2) is 18.2 Å². The van der Waals surface area contributed by atoms with E-state index >= 15 is 0 Å². The molecule has 1 heterocycles. The van der Waals surface area contributed by atoms with Crippen LogP contribution in [0.5, 0.6) is 11.5 Å². The van der Waals surface area contributed by atoms with Crippen LogP contribution < -0.4 is 15.2 Å². The number of hydrogen-bond acceptors (Lipinski definition) is 5. The van der Waals surface area contributed by atoms with E-state index in [0.29, 0.717) is 12.6 Å². The van der Waals surface area contributed by atoms with E-state index in [1.54, 1.807) is 14.2 Å². The average Bonchev–Trinajstić information content (AvgIpc) is 2.62. The summed E-state index contributed by atoms with van der Waals surface area (Å²) in [6.07, 6.45) is 1.12. The van der Waals surface area contributed by atoms with Gasteiger partial charge in [-0.2, -0.15) is 0 Å². The molecule has 130 valence electrons. The van der Waals surface area contributed by atoms with Crippen molar-refractivity contribution in [2.45, 2.75) is 32.4 Å². The quantitative estimate of drug-likeness (QED) is 0.834. The number of methoxy groups -OCH3 is 2. The Morgan fingerprint density at radius 2 is 2.00 bits per heavy atom. The van der Waals surface area contributed by atoms with E-state index in [0.717, 1.165) is 49.7 Å². The molecule has 23 heavy (non-hydrogen) atoms. The molecular formula is C18H31N3O2. The molecule has 0 saturated carbocycles. The first kappa shape index (κ1) is 18.0. The highest BCUT2D eigenvalue weighted by atomic mass is 16.5. The van der Waals surface area contributed by atoms with Crippen molar-refractivity contribution in [1.29, 1.82) is 0 Å². The molecule has 1 saturated heterocycles. The molecule has 1 aromatic carbocycles. The lowest BCUT2D eigenvalue weighted by atomic mass is 9.98. The van der Waals surface area contributed by atoms with Gasteiger partial charge >= 0.3 is 0 Å². The van der Waals surface area contributed by atoms with Gasteiger partial charge in [0.15, 0.2) is 0 Å². The molecule has 2 rings (SSSR count). The van der Waals surface area contributed by atoms with Gasteiger partial charge in [-0.3, -0.25) is 4.90 Å². The number of rotatable bonds is 7. The predicted molar refractivity (Wildman–Crippen MR) is 94.2 cm³/mol. The second kappa shape index (κ2) is 8.52. The Morgan fingerprint density at radius 1 is 1.22 bits per heavy atom. The number of hydrogen-bond donors (Lipinski definition) is 1. The summed E-state index contributed by atoms with van der Waals surface area (Å²) in [6, 6.07) is 6.65. The molecule has 5 nitrogen and oxygen atoms in total. The van der Waals surface area contributed by atoms with Gasteiger partial charge in [-0.05, 0) is 31.2 Å². The number of benzene rings is 1. The first-order chi connectivity index (χ1) is 11.2. The third-order valence-electron chi connectivity index (χ3n) is 4.95. The molecule has 0 aliphatic carbocycles. The molecule has 0 aromatic heterocycles. The second-order valence-corrected chi connectivity index (χ2v) is 6.05. The number of ether oxygens (including phenoxy) is 2. The lowest BCUT2D eigenvalue weighted by Gasteiger charge is -2.45. The Hall–Kier alpha value is -1.30. The summed E-state index contributed by atoms with van der Waals surface area (Å²) in [6.45, 7) is 9.41. The minimum absolute atomic E-state index is 0.156. The van der Waals surface area contributed by atoms with Gasteiger partial charge in [-0.25, -0.2) is 0 Å². The van der Waals surface area contributed by atoms with Gasteiger partial charge in [-0.15, -0.1) is 0 Å². The van der Waals surface area contributed by atoms with Gasteiger partial charge in [0.2, 0.25) is 0 Å². The van der Waals surface area contributed by atoms with Crippen LogP contribution in [0.1, 0.15) is 31.9 Å². The number of nitrogens with two attached hydrogens (primary N) is 1. The van der Waals surface area contributed by atoms with Crippen LogP contribution in [0.25, 0.3) is 0 Å². The first-order valence-electron chi connectivity index (χ1n) is 8.58. The molecule has 5 heteroatoms. The first-order valence-corrected chi connectivity index (χ1v) is 8.58. The maximum Gasteiger partial charge on any atom is 0.123 e. The third-order valence-corrected chi connectivity index (χ3v) is 4.95. The Balaban J connectivity index is 2.31. The predicted octanol–water partition coefficient (Wildman–Crippen LogP) is 2.12. The van der Waals surface area contributed by atoms with Crippen molar-refractivity contribution in [2.75, 3.05) is 46.9 Å². The van der Waals surface area contributed by atoms with E-state index in [2.05, 4.69) is 29.7 Å². The van der Waals surface area contributed by atoms with Gasteiger partial charge in [0, 0.05) is 37.8 Å². The Kier molecular flexibility index (Phi) is 6.69. The summed E-state index contributed by atoms with van der Waals surface area (Å²) in [5.41, 5.74) is 7.31. The fourth-order valence-electron chi connectivity index (χ4n) is 3.54. The van der Waals surface area contributed by atoms with Crippen molar-refractivity contribution in [2.24, 2.45) is 5.73 Å². The van der Waals surface area contributed by atoms with Crippen molar-refractivity contribution in [3.63, 3.8) is 0 Å². The van der Waals surface area contributed by atoms with Gasteiger partial charge in [0.25, 0.3) is 0 Å². The maximum absolute atomic E-state index is 6.18. The van der Waals surface area contributed by atoms with Crippen LogP contribution in [-0.2, 0) is 0 Å². The average molecular weight is 321 g/mol. The largest absolute Gasteiger partial charge is 0.497 e. The van der Waals surface area contributed by atoms with E-state index in [9.17, 15) is 0 Å². The van der Waals surface area contributed by atoms with Gasteiger partial charge in [0.05, 0.1) is 20.3 Å². The number of nitrogens with zero attached hydrogens (tertiary/aromatic N) is 2. The smallest absolute Gasteiger partial charge is 0.123 e. The molecule has 0 amide bonds. The molecule has 1 aliphatic rings. The summed E-state index contributed by atoms with van der Waals surface area (Å²) in [5.74, 6) is 1.73. The van der Waals surface area contributed by atoms with Crippen LogP contribution in [0.4, 0.5) is 0 Å². The minimum atomic E-state index is 0.156. The van der Waals surface area contributed by atoms with Gasteiger partial charge in [-0.1, -0.05) is 13.8 Å². The molecule has 2 N–H and O–H groups in total. The van der Waals surface area contributed by atoms with Gasteiger partial charge in [0.1, 0.15) is 11.5 Å². The molecule has 0 radical (unpaired) electrons. The van der Waals surface area contributed by atoms with Crippen LogP contribution in [-0.4, -0.2) is 62.8 Å². The number of likely N-dealkylation sites (N-methyl/N-ethyl adjacent to an activating group) is 1. The minimum Gasteiger partial charge on any atom is -0.497 e. The van der Waals surface area contributed by atoms with Crippen LogP contribution in [0.2, 0.25) is 0 Å². The van der Waals surface area contributed by atoms with Crippen LogP contribution in [0.3, 0.4) is 0 Å². The summed E-state index contributed by atoms with van der Waals surface area (Å²) >= 11 is 0. The van der Waals surface area contributed by atoms with Crippen molar-refractivity contribution < 1.29 is 9.47 Å². The summed E-state index contributed by atoms with van der Waals surface area (Å²) in [5, 5.41) is 0. The molecule has 0 bridgehead atoms.